The number of aliphatic carboxylic acids is 1. The molecule has 39 heavy (non-hydrogen) atoms. The number of carbonyl (C=O) groups excluding carboxylic acids is 1. The van der Waals surface area contributed by atoms with Crippen molar-refractivity contribution < 1.29 is 32.3 Å². The standard InChI is InChI=1S/C22H17ClF3NO4.C8H10/c1-13-9-16(23)5-7-18(13)21(30)27(12-20(28)29)11-17-6-8-19(31-17)14-3-2-4-15(10-14)22(24,25)26;1-2-8-6-4-3-5-7-8/h2-10H,11-12H2,1H3,(H,28,29);3-7H,2H2,1H3. The highest BCUT2D eigenvalue weighted by Gasteiger charge is 2.30. The number of carbonyl (C=O) groups is 2. The van der Waals surface area contributed by atoms with Gasteiger partial charge in [-0.15, -0.1) is 0 Å². The summed E-state index contributed by atoms with van der Waals surface area (Å²) in [5, 5.41) is 9.65. The molecular formula is C30H27ClF3NO4. The Morgan fingerprint density at radius 1 is 0.949 bits per heavy atom. The molecule has 3 aromatic carbocycles. The van der Waals surface area contributed by atoms with Crippen LogP contribution in [0.2, 0.25) is 5.02 Å². The average molecular weight is 558 g/mol. The highest BCUT2D eigenvalue weighted by atomic mass is 35.5. The lowest BCUT2D eigenvalue weighted by molar-refractivity contribution is -0.138. The Morgan fingerprint density at radius 2 is 1.67 bits per heavy atom. The average Bonchev–Trinajstić information content (AvgIpc) is 3.37. The summed E-state index contributed by atoms with van der Waals surface area (Å²) in [5.74, 6) is -1.35. The van der Waals surface area contributed by atoms with E-state index in [1.165, 1.54) is 42.0 Å². The molecule has 9 heteroatoms. The van der Waals surface area contributed by atoms with Crippen molar-refractivity contribution in [1.82, 2.24) is 4.90 Å². The molecule has 0 spiro atoms. The fourth-order valence-corrected chi connectivity index (χ4v) is 4.00. The number of furan rings is 1. The second kappa shape index (κ2) is 13.2. The molecule has 0 saturated carbocycles. The van der Waals surface area contributed by atoms with Crippen LogP contribution in [0, 0.1) is 6.92 Å². The van der Waals surface area contributed by atoms with Crippen molar-refractivity contribution in [3.63, 3.8) is 0 Å². The van der Waals surface area contributed by atoms with E-state index < -0.39 is 30.2 Å². The third-order valence-electron chi connectivity index (χ3n) is 5.77. The van der Waals surface area contributed by atoms with E-state index in [1.807, 2.05) is 6.07 Å². The van der Waals surface area contributed by atoms with Crippen molar-refractivity contribution in [3.05, 3.63) is 118 Å². The van der Waals surface area contributed by atoms with Crippen molar-refractivity contribution in [2.24, 2.45) is 0 Å². The van der Waals surface area contributed by atoms with E-state index in [2.05, 4.69) is 31.2 Å². The number of benzene rings is 3. The van der Waals surface area contributed by atoms with Crippen molar-refractivity contribution >= 4 is 23.5 Å². The Kier molecular flexibility index (Phi) is 9.95. The first-order valence-electron chi connectivity index (χ1n) is 12.1. The molecule has 0 radical (unpaired) electrons. The van der Waals surface area contributed by atoms with E-state index in [0.717, 1.165) is 23.5 Å². The van der Waals surface area contributed by atoms with E-state index in [0.29, 0.717) is 10.6 Å². The van der Waals surface area contributed by atoms with E-state index in [9.17, 15) is 27.9 Å². The summed E-state index contributed by atoms with van der Waals surface area (Å²) in [5.41, 5.74) is 1.68. The molecule has 1 heterocycles. The van der Waals surface area contributed by atoms with Crippen LogP contribution in [-0.4, -0.2) is 28.4 Å². The molecule has 4 aromatic rings. The summed E-state index contributed by atoms with van der Waals surface area (Å²) in [6.45, 7) is 3.08. The van der Waals surface area contributed by atoms with Gasteiger partial charge in [-0.2, -0.15) is 13.2 Å². The van der Waals surface area contributed by atoms with Crippen LogP contribution in [0.15, 0.2) is 89.3 Å². The molecule has 0 unspecified atom stereocenters. The van der Waals surface area contributed by atoms with Crippen LogP contribution in [0.25, 0.3) is 11.3 Å². The zero-order valence-electron chi connectivity index (χ0n) is 21.3. The molecule has 0 atom stereocenters. The minimum atomic E-state index is -4.49. The smallest absolute Gasteiger partial charge is 0.416 e. The van der Waals surface area contributed by atoms with Gasteiger partial charge in [-0.1, -0.05) is 61.0 Å². The number of hydrogen-bond acceptors (Lipinski definition) is 3. The predicted molar refractivity (Wildman–Crippen MR) is 144 cm³/mol. The van der Waals surface area contributed by atoms with Crippen LogP contribution in [0.4, 0.5) is 13.2 Å². The molecule has 0 saturated heterocycles. The zero-order chi connectivity index (χ0) is 28.6. The number of amides is 1. The quantitative estimate of drug-likeness (QED) is 0.251. The lowest BCUT2D eigenvalue weighted by Crippen LogP contribution is -2.35. The lowest BCUT2D eigenvalue weighted by atomic mass is 10.1. The molecule has 4 rings (SSSR count). The molecule has 1 amide bonds. The van der Waals surface area contributed by atoms with Gasteiger partial charge in [0.05, 0.1) is 12.1 Å². The number of aryl methyl sites for hydroxylation is 2. The van der Waals surface area contributed by atoms with Crippen LogP contribution < -0.4 is 0 Å². The number of alkyl halides is 3. The lowest BCUT2D eigenvalue weighted by Gasteiger charge is -2.20. The van der Waals surface area contributed by atoms with Gasteiger partial charge in [0.1, 0.15) is 18.1 Å². The fourth-order valence-electron chi connectivity index (χ4n) is 3.77. The van der Waals surface area contributed by atoms with Gasteiger partial charge in [-0.05, 0) is 66.9 Å². The Bertz CT molecular complexity index is 1420. The number of rotatable bonds is 7. The Morgan fingerprint density at radius 3 is 2.26 bits per heavy atom. The molecule has 0 bridgehead atoms. The van der Waals surface area contributed by atoms with Crippen LogP contribution in [0.3, 0.4) is 0 Å². The van der Waals surface area contributed by atoms with Gasteiger partial charge in [0.25, 0.3) is 5.91 Å². The monoisotopic (exact) mass is 557 g/mol. The third-order valence-corrected chi connectivity index (χ3v) is 6.00. The summed E-state index contributed by atoms with van der Waals surface area (Å²) < 4.78 is 44.5. The maximum absolute atomic E-state index is 13.0. The highest BCUT2D eigenvalue weighted by molar-refractivity contribution is 6.30. The maximum Gasteiger partial charge on any atom is 0.416 e. The normalized spacial score (nSPS) is 10.9. The third kappa shape index (κ3) is 8.48. The molecule has 0 fully saturated rings. The van der Waals surface area contributed by atoms with Crippen molar-refractivity contribution in [2.45, 2.75) is 33.0 Å². The number of carboxylic acids is 1. The summed E-state index contributed by atoms with van der Waals surface area (Å²) in [6, 6.07) is 22.7. The summed E-state index contributed by atoms with van der Waals surface area (Å²) >= 11 is 5.91. The van der Waals surface area contributed by atoms with E-state index in [1.54, 1.807) is 13.0 Å². The minimum Gasteiger partial charge on any atom is -0.480 e. The maximum atomic E-state index is 13.0. The zero-order valence-corrected chi connectivity index (χ0v) is 22.1. The molecule has 5 nitrogen and oxygen atoms in total. The molecular weight excluding hydrogens is 531 g/mol. The first-order chi connectivity index (χ1) is 18.5. The molecule has 1 N–H and O–H groups in total. The first-order valence-corrected chi connectivity index (χ1v) is 12.4. The van der Waals surface area contributed by atoms with Crippen molar-refractivity contribution in [1.29, 1.82) is 0 Å². The van der Waals surface area contributed by atoms with Gasteiger partial charge in [0.2, 0.25) is 0 Å². The van der Waals surface area contributed by atoms with Crippen LogP contribution >= 0.6 is 11.6 Å². The number of nitrogens with zero attached hydrogens (tertiary/aromatic N) is 1. The molecule has 204 valence electrons. The predicted octanol–water partition coefficient (Wildman–Crippen LogP) is 7.90. The number of halogens is 4. The van der Waals surface area contributed by atoms with E-state index >= 15 is 0 Å². The van der Waals surface area contributed by atoms with E-state index in [4.69, 9.17) is 16.0 Å². The summed E-state index contributed by atoms with van der Waals surface area (Å²) in [6.07, 6.45) is -3.35. The minimum absolute atomic E-state index is 0.173. The van der Waals surface area contributed by atoms with Crippen molar-refractivity contribution in [2.75, 3.05) is 6.54 Å². The van der Waals surface area contributed by atoms with Crippen molar-refractivity contribution in [3.8, 4) is 11.3 Å². The summed E-state index contributed by atoms with van der Waals surface area (Å²) in [4.78, 5) is 25.3. The largest absolute Gasteiger partial charge is 0.480 e. The van der Waals surface area contributed by atoms with Gasteiger partial charge >= 0.3 is 12.1 Å². The summed E-state index contributed by atoms with van der Waals surface area (Å²) in [7, 11) is 0. The fraction of sp³-hybridized carbons (Fsp3) is 0.200. The SMILES string of the molecule is CCc1ccccc1.Cc1cc(Cl)ccc1C(=O)N(CC(=O)O)Cc1ccc(-c2cccc(C(F)(F)F)c2)o1. The highest BCUT2D eigenvalue weighted by Crippen LogP contribution is 2.33. The number of carboxylic acid groups (broad SMARTS) is 1. The Balaban J connectivity index is 0.000000449. The second-order valence-corrected chi connectivity index (χ2v) is 9.13. The van der Waals surface area contributed by atoms with Gasteiger partial charge in [0, 0.05) is 16.1 Å². The molecule has 1 aromatic heterocycles. The van der Waals surface area contributed by atoms with Gasteiger partial charge < -0.3 is 14.4 Å². The van der Waals surface area contributed by atoms with Gasteiger partial charge in [0.15, 0.2) is 0 Å². The molecule has 0 aliphatic carbocycles. The Hall–Kier alpha value is -4.04. The molecule has 0 aliphatic rings. The molecule has 0 aliphatic heterocycles. The van der Waals surface area contributed by atoms with Crippen LogP contribution in [0.1, 0.15) is 39.7 Å². The van der Waals surface area contributed by atoms with Gasteiger partial charge in [-0.3, -0.25) is 9.59 Å². The van der Waals surface area contributed by atoms with Crippen LogP contribution in [0.5, 0.6) is 0 Å². The first kappa shape index (κ1) is 29.5. The topological polar surface area (TPSA) is 70.8 Å². The Labute approximate surface area is 229 Å². The van der Waals surface area contributed by atoms with E-state index in [-0.39, 0.29) is 29.2 Å². The van der Waals surface area contributed by atoms with Crippen LogP contribution in [-0.2, 0) is 23.9 Å². The number of hydrogen-bond donors (Lipinski definition) is 1. The second-order valence-electron chi connectivity index (χ2n) is 8.70. The van der Waals surface area contributed by atoms with Gasteiger partial charge in [-0.25, -0.2) is 0 Å².